The van der Waals surface area contributed by atoms with Gasteiger partial charge in [-0.3, -0.25) is 9.69 Å². The van der Waals surface area contributed by atoms with Crippen molar-refractivity contribution in [2.24, 2.45) is 11.8 Å². The van der Waals surface area contributed by atoms with Gasteiger partial charge in [-0.05, 0) is 74.4 Å². The number of carbonyl (C=O) groups excluding carboxylic acids is 1. The molecule has 0 spiro atoms. The van der Waals surface area contributed by atoms with Gasteiger partial charge in [-0.25, -0.2) is 0 Å². The Kier molecular flexibility index (Phi) is 13.5. The van der Waals surface area contributed by atoms with Gasteiger partial charge in [0, 0.05) is 44.1 Å². The molecule has 2 heterocycles. The van der Waals surface area contributed by atoms with Crippen molar-refractivity contribution in [2.75, 3.05) is 32.7 Å². The summed E-state index contributed by atoms with van der Waals surface area (Å²) in [6.07, 6.45) is 17.4. The van der Waals surface area contributed by atoms with Crippen LogP contribution in [-0.2, 0) is 19.4 Å². The highest BCUT2D eigenvalue weighted by atomic mass is 16.1. The van der Waals surface area contributed by atoms with Gasteiger partial charge in [0.2, 0.25) is 0 Å². The van der Waals surface area contributed by atoms with E-state index in [0.29, 0.717) is 12.3 Å². The highest BCUT2D eigenvalue weighted by molar-refractivity contribution is 5.96. The first-order valence-electron chi connectivity index (χ1n) is 15.1. The summed E-state index contributed by atoms with van der Waals surface area (Å²) in [5.74, 6) is 1.75. The van der Waals surface area contributed by atoms with E-state index in [2.05, 4.69) is 97.0 Å². The van der Waals surface area contributed by atoms with Crippen LogP contribution in [0.4, 0.5) is 0 Å². The number of ketones is 1. The van der Waals surface area contributed by atoms with Crippen LogP contribution in [0.1, 0.15) is 73.5 Å². The Hall–Kier alpha value is -2.75. The predicted molar refractivity (Wildman–Crippen MR) is 167 cm³/mol. The molecule has 2 aromatic carbocycles. The first kappa shape index (κ1) is 30.8. The SMILES string of the molecule is C=C/C=C\C(C=CC)CN1CCC(CC)CC1.CCC(=O)c1ccc2c(c1)CCN(Cc1ccccc1)CC2. The van der Waals surface area contributed by atoms with Crippen LogP contribution in [-0.4, -0.2) is 48.3 Å². The molecule has 0 aromatic heterocycles. The maximum atomic E-state index is 11.9. The number of benzene rings is 2. The molecule has 4 rings (SSSR count). The standard InChI is InChI=1S/C20H23NO.C16H27N/c1-2-20(22)19-9-8-17-10-12-21(13-11-18(17)14-19)15-16-6-4-3-5-7-16;1-4-7-9-16(8-5-2)14-17-12-10-15(6-3)11-13-17/h3-9,14H,2,10-13,15H2,1H3;4-5,7-9,15-16H,1,6,10-14H2,2-3H3/b;8-5?,9-7-. The molecule has 1 unspecified atom stereocenters. The third-order valence-electron chi connectivity index (χ3n) is 8.18. The fourth-order valence-corrected chi connectivity index (χ4v) is 5.68. The van der Waals surface area contributed by atoms with E-state index in [9.17, 15) is 4.79 Å². The number of allylic oxidation sites excluding steroid dienone is 3. The zero-order valence-corrected chi connectivity index (χ0v) is 24.7. The lowest BCUT2D eigenvalue weighted by Crippen LogP contribution is -2.36. The number of fused-ring (bicyclic) bond motifs is 1. The van der Waals surface area contributed by atoms with Crippen molar-refractivity contribution in [3.05, 3.63) is 108 Å². The van der Waals surface area contributed by atoms with E-state index in [-0.39, 0.29) is 5.78 Å². The van der Waals surface area contributed by atoms with Crippen LogP contribution < -0.4 is 0 Å². The van der Waals surface area contributed by atoms with Gasteiger partial charge >= 0.3 is 0 Å². The molecule has 1 fully saturated rings. The van der Waals surface area contributed by atoms with Crippen LogP contribution in [0.5, 0.6) is 0 Å². The fraction of sp³-hybridized carbons (Fsp3) is 0.472. The molecule has 0 aliphatic carbocycles. The molecular weight excluding hydrogens is 476 g/mol. The summed E-state index contributed by atoms with van der Waals surface area (Å²) >= 11 is 0. The van der Waals surface area contributed by atoms with Crippen molar-refractivity contribution in [1.29, 1.82) is 0 Å². The second-order valence-corrected chi connectivity index (χ2v) is 11.0. The lowest BCUT2D eigenvalue weighted by Gasteiger charge is -2.32. The summed E-state index contributed by atoms with van der Waals surface area (Å²) in [4.78, 5) is 17.0. The van der Waals surface area contributed by atoms with Gasteiger partial charge in [0.15, 0.2) is 5.78 Å². The van der Waals surface area contributed by atoms with E-state index in [1.807, 2.05) is 19.1 Å². The lowest BCUT2D eigenvalue weighted by molar-refractivity contribution is 0.0988. The molecule has 2 aliphatic heterocycles. The smallest absolute Gasteiger partial charge is 0.162 e. The van der Waals surface area contributed by atoms with Crippen LogP contribution in [0.3, 0.4) is 0 Å². The summed E-state index contributed by atoms with van der Waals surface area (Å²) in [6.45, 7) is 16.9. The summed E-state index contributed by atoms with van der Waals surface area (Å²) < 4.78 is 0. The molecule has 0 bridgehead atoms. The number of rotatable bonds is 10. The monoisotopic (exact) mass is 526 g/mol. The van der Waals surface area contributed by atoms with Gasteiger partial charge in [-0.15, -0.1) is 0 Å². The van der Waals surface area contributed by atoms with Gasteiger partial charge in [0.05, 0.1) is 0 Å². The van der Waals surface area contributed by atoms with Gasteiger partial charge < -0.3 is 4.90 Å². The van der Waals surface area contributed by atoms with Gasteiger partial charge in [-0.1, -0.05) is 99.7 Å². The van der Waals surface area contributed by atoms with Gasteiger partial charge in [0.1, 0.15) is 0 Å². The van der Waals surface area contributed by atoms with E-state index >= 15 is 0 Å². The first-order chi connectivity index (χ1) is 19.1. The molecular formula is C36H50N2O. The first-order valence-corrected chi connectivity index (χ1v) is 15.1. The molecule has 3 heteroatoms. The Morgan fingerprint density at radius 2 is 1.67 bits per heavy atom. The second kappa shape index (κ2) is 17.0. The predicted octanol–water partition coefficient (Wildman–Crippen LogP) is 7.92. The Balaban J connectivity index is 0.000000224. The van der Waals surface area contributed by atoms with Gasteiger partial charge in [-0.2, -0.15) is 0 Å². The molecule has 39 heavy (non-hydrogen) atoms. The van der Waals surface area contributed by atoms with Crippen molar-refractivity contribution < 1.29 is 4.79 Å². The van der Waals surface area contributed by atoms with E-state index < -0.39 is 0 Å². The zero-order chi connectivity index (χ0) is 27.9. The number of nitrogens with zero attached hydrogens (tertiary/aromatic N) is 2. The van der Waals surface area contributed by atoms with Crippen molar-refractivity contribution >= 4 is 5.78 Å². The van der Waals surface area contributed by atoms with Crippen LogP contribution in [0, 0.1) is 11.8 Å². The number of carbonyl (C=O) groups is 1. The largest absolute Gasteiger partial charge is 0.302 e. The summed E-state index contributed by atoms with van der Waals surface area (Å²) in [6, 6.07) is 16.9. The zero-order valence-electron chi connectivity index (χ0n) is 24.7. The third-order valence-corrected chi connectivity index (χ3v) is 8.18. The third kappa shape index (κ3) is 10.4. The maximum absolute atomic E-state index is 11.9. The average molecular weight is 527 g/mol. The molecule has 1 saturated heterocycles. The van der Waals surface area contributed by atoms with E-state index in [0.717, 1.165) is 50.5 Å². The molecule has 0 saturated carbocycles. The highest BCUT2D eigenvalue weighted by Gasteiger charge is 2.19. The molecule has 210 valence electrons. The van der Waals surface area contributed by atoms with Crippen LogP contribution in [0.2, 0.25) is 0 Å². The highest BCUT2D eigenvalue weighted by Crippen LogP contribution is 2.22. The Labute approximate surface area is 238 Å². The maximum Gasteiger partial charge on any atom is 0.162 e. The summed E-state index contributed by atoms with van der Waals surface area (Å²) in [5, 5.41) is 0. The Morgan fingerprint density at radius 3 is 2.31 bits per heavy atom. The van der Waals surface area contributed by atoms with Crippen LogP contribution in [0.15, 0.2) is 85.5 Å². The average Bonchev–Trinajstić information content (AvgIpc) is 3.18. The van der Waals surface area contributed by atoms with Crippen LogP contribution >= 0.6 is 0 Å². The molecule has 1 atom stereocenters. The van der Waals surface area contributed by atoms with E-state index in [4.69, 9.17) is 0 Å². The second-order valence-electron chi connectivity index (χ2n) is 11.0. The van der Waals surface area contributed by atoms with Crippen molar-refractivity contribution in [2.45, 2.75) is 65.8 Å². The summed E-state index contributed by atoms with van der Waals surface area (Å²) in [7, 11) is 0. The Bertz CT molecular complexity index is 1060. The van der Waals surface area contributed by atoms with Crippen molar-refractivity contribution in [1.82, 2.24) is 9.80 Å². The fourth-order valence-electron chi connectivity index (χ4n) is 5.68. The molecule has 3 nitrogen and oxygen atoms in total. The number of hydrogen-bond donors (Lipinski definition) is 0. The molecule has 0 radical (unpaired) electrons. The quantitative estimate of drug-likeness (QED) is 0.178. The van der Waals surface area contributed by atoms with Crippen LogP contribution in [0.25, 0.3) is 0 Å². The minimum atomic E-state index is 0.244. The van der Waals surface area contributed by atoms with Gasteiger partial charge in [0.25, 0.3) is 0 Å². The number of piperidine rings is 1. The number of hydrogen-bond acceptors (Lipinski definition) is 3. The van der Waals surface area contributed by atoms with E-state index in [1.165, 1.54) is 49.0 Å². The summed E-state index contributed by atoms with van der Waals surface area (Å²) in [5.41, 5.74) is 5.01. The molecule has 0 N–H and O–H groups in total. The molecule has 2 aromatic rings. The lowest BCUT2D eigenvalue weighted by atomic mass is 9.93. The minimum Gasteiger partial charge on any atom is -0.302 e. The van der Waals surface area contributed by atoms with Crippen molar-refractivity contribution in [3.63, 3.8) is 0 Å². The van der Waals surface area contributed by atoms with Crippen molar-refractivity contribution in [3.8, 4) is 0 Å². The van der Waals surface area contributed by atoms with E-state index in [1.54, 1.807) is 0 Å². The molecule has 2 aliphatic rings. The number of Topliss-reactive ketones (excluding diaryl/α,β-unsaturated/α-hetero) is 1. The minimum absolute atomic E-state index is 0.244. The normalized spacial score (nSPS) is 17.8. The number of likely N-dealkylation sites (tertiary alicyclic amines) is 1. The molecule has 0 amide bonds. The Morgan fingerprint density at radius 1 is 0.949 bits per heavy atom. The topological polar surface area (TPSA) is 23.6 Å².